The van der Waals surface area contributed by atoms with Crippen LogP contribution in [0.1, 0.15) is 73.3 Å². The van der Waals surface area contributed by atoms with Crippen LogP contribution in [0.15, 0.2) is 30.5 Å². The summed E-state index contributed by atoms with van der Waals surface area (Å²) in [7, 11) is -1.58. The molecular weight excluding hydrogens is 325 g/mol. The topological polar surface area (TPSA) is 70.4 Å². The molecule has 4 nitrogen and oxygen atoms in total. The zero-order chi connectivity index (χ0) is 19.3. The lowest BCUT2D eigenvalue weighted by Gasteiger charge is -2.42. The Hall–Kier alpha value is -1.98. The lowest BCUT2D eigenvalue weighted by molar-refractivity contribution is 0.103. The van der Waals surface area contributed by atoms with Crippen molar-refractivity contribution in [1.29, 1.82) is 0 Å². The minimum Gasteiger partial charge on any atom is -0.423 e. The quantitative estimate of drug-likeness (QED) is 0.659. The second-order valence-corrected chi connectivity index (χ2v) is 8.66. The molecule has 0 unspecified atom stereocenters. The Morgan fingerprint density at radius 1 is 1.04 bits per heavy atom. The SMILES string of the molecule is Cc1cc2c(cc1C(=O)c1ccc(B(O)O)cn1)C(C)(C)CCC2(C)C. The van der Waals surface area contributed by atoms with Gasteiger partial charge in [0.25, 0.3) is 0 Å². The van der Waals surface area contributed by atoms with E-state index in [4.69, 9.17) is 0 Å². The van der Waals surface area contributed by atoms with E-state index < -0.39 is 7.12 Å². The number of hydrogen-bond acceptors (Lipinski definition) is 4. The van der Waals surface area contributed by atoms with E-state index in [9.17, 15) is 14.8 Å². The molecule has 2 aromatic rings. The van der Waals surface area contributed by atoms with Gasteiger partial charge in [0, 0.05) is 17.2 Å². The number of carbonyl (C=O) groups excluding carboxylic acids is 1. The van der Waals surface area contributed by atoms with Crippen LogP contribution < -0.4 is 5.46 Å². The van der Waals surface area contributed by atoms with Gasteiger partial charge in [-0.2, -0.15) is 0 Å². The molecular formula is C21H26BNO3. The average Bonchev–Trinajstić information content (AvgIpc) is 2.58. The molecule has 0 spiro atoms. The van der Waals surface area contributed by atoms with Crippen molar-refractivity contribution in [3.8, 4) is 0 Å². The highest BCUT2D eigenvalue weighted by Gasteiger charge is 2.38. The van der Waals surface area contributed by atoms with Crippen molar-refractivity contribution in [2.24, 2.45) is 0 Å². The molecule has 26 heavy (non-hydrogen) atoms. The van der Waals surface area contributed by atoms with Gasteiger partial charge in [0.1, 0.15) is 5.69 Å². The van der Waals surface area contributed by atoms with Gasteiger partial charge >= 0.3 is 7.12 Å². The number of ketones is 1. The molecule has 0 bridgehead atoms. The van der Waals surface area contributed by atoms with E-state index in [0.717, 1.165) is 18.4 Å². The molecule has 1 aliphatic carbocycles. The van der Waals surface area contributed by atoms with Crippen LogP contribution in [0.5, 0.6) is 0 Å². The van der Waals surface area contributed by atoms with Crippen LogP contribution in [0.2, 0.25) is 0 Å². The van der Waals surface area contributed by atoms with Crippen molar-refractivity contribution < 1.29 is 14.8 Å². The second kappa shape index (κ2) is 6.32. The van der Waals surface area contributed by atoms with Gasteiger partial charge in [-0.25, -0.2) is 0 Å². The molecule has 0 fully saturated rings. The molecule has 1 heterocycles. The molecule has 0 saturated carbocycles. The Labute approximate surface area is 155 Å². The molecule has 0 radical (unpaired) electrons. The van der Waals surface area contributed by atoms with Crippen molar-refractivity contribution in [3.63, 3.8) is 0 Å². The zero-order valence-corrected chi connectivity index (χ0v) is 16.1. The standard InChI is InChI=1S/C21H26BNO3/c1-13-10-16-17(21(4,5)9-8-20(16,2)3)11-15(13)19(24)18-7-6-14(12-23-18)22(25)26/h6-7,10-12,25-26H,8-9H2,1-5H3. The maximum absolute atomic E-state index is 13.0. The van der Waals surface area contributed by atoms with E-state index in [1.807, 2.05) is 13.0 Å². The van der Waals surface area contributed by atoms with Gasteiger partial charge in [0.15, 0.2) is 0 Å². The third kappa shape index (κ3) is 3.22. The fourth-order valence-electron chi connectivity index (χ4n) is 3.80. The monoisotopic (exact) mass is 351 g/mol. The molecule has 5 heteroatoms. The predicted molar refractivity (Wildman–Crippen MR) is 104 cm³/mol. The Kier molecular flexibility index (Phi) is 4.57. The largest absolute Gasteiger partial charge is 0.490 e. The average molecular weight is 351 g/mol. The van der Waals surface area contributed by atoms with E-state index in [1.54, 1.807) is 6.07 Å². The van der Waals surface area contributed by atoms with Gasteiger partial charge in [0.05, 0.1) is 0 Å². The summed E-state index contributed by atoms with van der Waals surface area (Å²) < 4.78 is 0. The van der Waals surface area contributed by atoms with Gasteiger partial charge < -0.3 is 10.0 Å². The smallest absolute Gasteiger partial charge is 0.423 e. The minimum absolute atomic E-state index is 0.0336. The highest BCUT2D eigenvalue weighted by molar-refractivity contribution is 6.58. The molecule has 0 amide bonds. The summed E-state index contributed by atoms with van der Waals surface area (Å²) in [6.45, 7) is 11.0. The first kappa shape index (κ1) is 18.8. The van der Waals surface area contributed by atoms with E-state index in [0.29, 0.717) is 11.3 Å². The van der Waals surface area contributed by atoms with Gasteiger partial charge in [-0.3, -0.25) is 9.78 Å². The number of fused-ring (bicyclic) bond motifs is 1. The molecule has 1 aromatic heterocycles. The number of hydrogen-bond donors (Lipinski definition) is 2. The number of nitrogens with zero attached hydrogens (tertiary/aromatic N) is 1. The van der Waals surface area contributed by atoms with Gasteiger partial charge in [0.2, 0.25) is 5.78 Å². The highest BCUT2D eigenvalue weighted by Crippen LogP contribution is 2.46. The van der Waals surface area contributed by atoms with Crippen molar-refractivity contribution in [3.05, 3.63) is 58.4 Å². The molecule has 0 aliphatic heterocycles. The lowest BCUT2D eigenvalue weighted by Crippen LogP contribution is -2.34. The maximum atomic E-state index is 13.0. The molecule has 136 valence electrons. The Morgan fingerprint density at radius 3 is 2.12 bits per heavy atom. The first-order valence-corrected chi connectivity index (χ1v) is 9.05. The lowest BCUT2D eigenvalue weighted by atomic mass is 9.62. The molecule has 2 N–H and O–H groups in total. The van der Waals surface area contributed by atoms with E-state index in [2.05, 4.69) is 38.7 Å². The van der Waals surface area contributed by atoms with E-state index in [1.165, 1.54) is 23.4 Å². The number of carbonyl (C=O) groups is 1. The third-order valence-electron chi connectivity index (χ3n) is 5.76. The van der Waals surface area contributed by atoms with Crippen LogP contribution in [0, 0.1) is 6.92 Å². The Balaban J connectivity index is 2.07. The summed E-state index contributed by atoms with van der Waals surface area (Å²) in [5.41, 5.74) is 4.91. The summed E-state index contributed by atoms with van der Waals surface area (Å²) in [6, 6.07) is 7.27. The summed E-state index contributed by atoms with van der Waals surface area (Å²) in [5, 5.41) is 18.4. The molecule has 3 rings (SSSR count). The van der Waals surface area contributed by atoms with Crippen LogP contribution in [-0.2, 0) is 10.8 Å². The first-order chi connectivity index (χ1) is 12.0. The molecule has 1 aliphatic rings. The van der Waals surface area contributed by atoms with Crippen LogP contribution in [0.4, 0.5) is 0 Å². The van der Waals surface area contributed by atoms with Gasteiger partial charge in [-0.1, -0.05) is 39.8 Å². The van der Waals surface area contributed by atoms with Crippen LogP contribution in [0.25, 0.3) is 0 Å². The third-order valence-corrected chi connectivity index (χ3v) is 5.76. The molecule has 0 saturated heterocycles. The van der Waals surface area contributed by atoms with Crippen molar-refractivity contribution >= 4 is 18.4 Å². The fourth-order valence-corrected chi connectivity index (χ4v) is 3.80. The maximum Gasteiger partial charge on any atom is 0.490 e. The minimum atomic E-state index is -1.58. The van der Waals surface area contributed by atoms with Gasteiger partial charge in [-0.15, -0.1) is 0 Å². The van der Waals surface area contributed by atoms with Crippen molar-refractivity contribution in [1.82, 2.24) is 4.98 Å². The second-order valence-electron chi connectivity index (χ2n) is 8.66. The number of rotatable bonds is 3. The number of benzene rings is 1. The highest BCUT2D eigenvalue weighted by atomic mass is 16.4. The first-order valence-electron chi connectivity index (χ1n) is 9.05. The van der Waals surface area contributed by atoms with E-state index in [-0.39, 0.29) is 22.1 Å². The van der Waals surface area contributed by atoms with Crippen LogP contribution in [0.3, 0.4) is 0 Å². The normalized spacial score (nSPS) is 17.5. The number of aryl methyl sites for hydroxylation is 1. The Bertz CT molecular complexity index is 854. The van der Waals surface area contributed by atoms with E-state index >= 15 is 0 Å². The molecule has 0 atom stereocenters. The van der Waals surface area contributed by atoms with Crippen LogP contribution >= 0.6 is 0 Å². The summed E-state index contributed by atoms with van der Waals surface area (Å²) in [6.07, 6.45) is 3.55. The summed E-state index contributed by atoms with van der Waals surface area (Å²) in [4.78, 5) is 17.1. The summed E-state index contributed by atoms with van der Waals surface area (Å²) >= 11 is 0. The van der Waals surface area contributed by atoms with Crippen molar-refractivity contribution in [2.45, 2.75) is 58.3 Å². The fraction of sp³-hybridized carbons (Fsp3) is 0.429. The van der Waals surface area contributed by atoms with Gasteiger partial charge in [-0.05, 0) is 59.4 Å². The zero-order valence-electron chi connectivity index (χ0n) is 16.1. The predicted octanol–water partition coefficient (Wildman–Crippen LogP) is 2.65. The van der Waals surface area contributed by atoms with Crippen molar-refractivity contribution in [2.75, 3.05) is 0 Å². The number of pyridine rings is 1. The molecule has 1 aromatic carbocycles. The Morgan fingerprint density at radius 2 is 1.62 bits per heavy atom. The van der Waals surface area contributed by atoms with Crippen LogP contribution in [-0.4, -0.2) is 27.9 Å². The number of aromatic nitrogens is 1. The summed E-state index contributed by atoms with van der Waals surface area (Å²) in [5.74, 6) is -0.136.